The van der Waals surface area contributed by atoms with Gasteiger partial charge in [-0.15, -0.1) is 0 Å². The largest absolute Gasteiger partial charge is 0.493 e. The maximum Gasteiger partial charge on any atom is 0.231 e. The molecule has 2 aromatic rings. The Hall–Kier alpha value is -2.50. The highest BCUT2D eigenvalue weighted by atomic mass is 16.5. The topological polar surface area (TPSA) is 90.4 Å². The highest BCUT2D eigenvalue weighted by Crippen LogP contribution is 2.14. The second kappa shape index (κ2) is 5.90. The summed E-state index contributed by atoms with van der Waals surface area (Å²) in [5.41, 5.74) is 6.95. The second-order valence-corrected chi connectivity index (χ2v) is 4.05. The van der Waals surface area contributed by atoms with Gasteiger partial charge in [-0.1, -0.05) is 11.2 Å². The molecule has 1 aromatic heterocycles. The van der Waals surface area contributed by atoms with Crippen LogP contribution in [0.1, 0.15) is 12.1 Å². The molecular weight excluding hydrogens is 246 g/mol. The molecule has 0 fully saturated rings. The number of aryl methyl sites for hydroxylation is 1. The van der Waals surface area contributed by atoms with E-state index in [9.17, 15) is 4.79 Å². The van der Waals surface area contributed by atoms with Gasteiger partial charge < -0.3 is 15.0 Å². The standard InChI is InChI=1S/C13H15N3O3/c1-9-7-13(19-16-9)15-12(17)5-6-18-11-4-2-3-10(14)8-11/h2-4,7-8H,5-6,14H2,1H3,(H,15,17). The van der Waals surface area contributed by atoms with Crippen molar-refractivity contribution in [3.05, 3.63) is 36.0 Å². The summed E-state index contributed by atoms with van der Waals surface area (Å²) in [5, 5.41) is 6.26. The number of amides is 1. The zero-order chi connectivity index (χ0) is 13.7. The molecule has 0 bridgehead atoms. The van der Waals surface area contributed by atoms with E-state index < -0.39 is 0 Å². The molecule has 19 heavy (non-hydrogen) atoms. The number of anilines is 2. The molecule has 0 aliphatic heterocycles. The fourth-order valence-corrected chi connectivity index (χ4v) is 1.49. The minimum atomic E-state index is -0.194. The molecule has 100 valence electrons. The van der Waals surface area contributed by atoms with E-state index in [4.69, 9.17) is 15.0 Å². The van der Waals surface area contributed by atoms with Gasteiger partial charge in [0.2, 0.25) is 11.8 Å². The number of carbonyl (C=O) groups excluding carboxylic acids is 1. The number of hydrogen-bond acceptors (Lipinski definition) is 5. The van der Waals surface area contributed by atoms with Crippen LogP contribution in [0.3, 0.4) is 0 Å². The number of rotatable bonds is 5. The van der Waals surface area contributed by atoms with Crippen LogP contribution in [-0.2, 0) is 4.79 Å². The van der Waals surface area contributed by atoms with Crippen LogP contribution in [-0.4, -0.2) is 17.7 Å². The lowest BCUT2D eigenvalue weighted by Crippen LogP contribution is -2.14. The summed E-state index contributed by atoms with van der Waals surface area (Å²) in [5.74, 6) is 0.787. The number of aromatic nitrogens is 1. The molecule has 0 saturated carbocycles. The van der Waals surface area contributed by atoms with Gasteiger partial charge in [-0.3, -0.25) is 10.1 Å². The minimum absolute atomic E-state index is 0.194. The molecule has 0 aliphatic rings. The van der Waals surface area contributed by atoms with E-state index in [1.165, 1.54) is 0 Å². The highest BCUT2D eigenvalue weighted by Gasteiger charge is 2.06. The normalized spacial score (nSPS) is 10.2. The number of ether oxygens (including phenoxy) is 1. The maximum atomic E-state index is 11.6. The number of nitrogens with two attached hydrogens (primary N) is 1. The van der Waals surface area contributed by atoms with E-state index in [2.05, 4.69) is 10.5 Å². The molecule has 0 radical (unpaired) electrons. The third kappa shape index (κ3) is 4.02. The Labute approximate surface area is 110 Å². The lowest BCUT2D eigenvalue weighted by atomic mass is 10.3. The molecule has 0 unspecified atom stereocenters. The summed E-state index contributed by atoms with van der Waals surface area (Å²) in [4.78, 5) is 11.6. The van der Waals surface area contributed by atoms with E-state index in [0.717, 1.165) is 0 Å². The number of nitrogens with one attached hydrogen (secondary N) is 1. The van der Waals surface area contributed by atoms with E-state index >= 15 is 0 Å². The van der Waals surface area contributed by atoms with Crippen molar-refractivity contribution in [1.82, 2.24) is 5.16 Å². The quantitative estimate of drug-likeness (QED) is 0.803. The Balaban J connectivity index is 1.75. The first-order valence-electron chi connectivity index (χ1n) is 5.85. The van der Waals surface area contributed by atoms with Crippen LogP contribution < -0.4 is 15.8 Å². The molecule has 0 spiro atoms. The SMILES string of the molecule is Cc1cc(NC(=O)CCOc2cccc(N)c2)on1. The Kier molecular flexibility index (Phi) is 4.02. The zero-order valence-corrected chi connectivity index (χ0v) is 10.6. The van der Waals surface area contributed by atoms with Gasteiger partial charge in [0.15, 0.2) is 0 Å². The number of benzene rings is 1. The van der Waals surface area contributed by atoms with Crippen LogP contribution >= 0.6 is 0 Å². The van der Waals surface area contributed by atoms with Gasteiger partial charge in [-0.2, -0.15) is 0 Å². The first kappa shape index (κ1) is 12.9. The van der Waals surface area contributed by atoms with Crippen LogP contribution in [0.4, 0.5) is 11.6 Å². The van der Waals surface area contributed by atoms with Crippen molar-refractivity contribution in [3.63, 3.8) is 0 Å². The van der Waals surface area contributed by atoms with Crippen LogP contribution in [0.15, 0.2) is 34.9 Å². The molecule has 1 amide bonds. The maximum absolute atomic E-state index is 11.6. The number of carbonyl (C=O) groups is 1. The van der Waals surface area contributed by atoms with Gasteiger partial charge in [0, 0.05) is 17.8 Å². The summed E-state index contributed by atoms with van der Waals surface area (Å²) < 4.78 is 10.3. The van der Waals surface area contributed by atoms with Gasteiger partial charge in [-0.05, 0) is 19.1 Å². The molecular formula is C13H15N3O3. The predicted molar refractivity (Wildman–Crippen MR) is 70.8 cm³/mol. The molecule has 3 N–H and O–H groups in total. The van der Waals surface area contributed by atoms with E-state index in [-0.39, 0.29) is 18.9 Å². The van der Waals surface area contributed by atoms with E-state index in [0.29, 0.717) is 23.0 Å². The van der Waals surface area contributed by atoms with E-state index in [1.54, 1.807) is 37.3 Å². The Bertz CT molecular complexity index is 566. The summed E-state index contributed by atoms with van der Waals surface area (Å²) >= 11 is 0. The predicted octanol–water partition coefficient (Wildman–Crippen LogP) is 1.97. The Morgan fingerprint density at radius 1 is 1.47 bits per heavy atom. The van der Waals surface area contributed by atoms with Gasteiger partial charge in [0.1, 0.15) is 5.75 Å². The fraction of sp³-hybridized carbons (Fsp3) is 0.231. The van der Waals surface area contributed by atoms with Crippen molar-refractivity contribution in [2.75, 3.05) is 17.7 Å². The van der Waals surface area contributed by atoms with Crippen LogP contribution in [0, 0.1) is 6.92 Å². The molecule has 0 atom stereocenters. The van der Waals surface area contributed by atoms with Crippen molar-refractivity contribution >= 4 is 17.5 Å². The summed E-state index contributed by atoms with van der Waals surface area (Å²) in [7, 11) is 0. The highest BCUT2D eigenvalue weighted by molar-refractivity contribution is 5.89. The van der Waals surface area contributed by atoms with E-state index in [1.807, 2.05) is 0 Å². The summed E-state index contributed by atoms with van der Waals surface area (Å²) in [6, 6.07) is 8.70. The van der Waals surface area contributed by atoms with Crippen molar-refractivity contribution in [1.29, 1.82) is 0 Å². The molecule has 6 heteroatoms. The second-order valence-electron chi connectivity index (χ2n) is 4.05. The molecule has 1 aromatic carbocycles. The lowest BCUT2D eigenvalue weighted by molar-refractivity contribution is -0.116. The van der Waals surface area contributed by atoms with Crippen LogP contribution in [0.2, 0.25) is 0 Å². The van der Waals surface area contributed by atoms with Gasteiger partial charge in [0.05, 0.1) is 18.7 Å². The summed E-state index contributed by atoms with van der Waals surface area (Å²) in [6.45, 7) is 2.05. The number of hydrogen-bond donors (Lipinski definition) is 2. The summed E-state index contributed by atoms with van der Waals surface area (Å²) in [6.07, 6.45) is 0.217. The van der Waals surface area contributed by atoms with Gasteiger partial charge in [0.25, 0.3) is 0 Å². The Morgan fingerprint density at radius 3 is 3.00 bits per heavy atom. The minimum Gasteiger partial charge on any atom is -0.493 e. The average Bonchev–Trinajstić information content (AvgIpc) is 2.75. The van der Waals surface area contributed by atoms with Crippen molar-refractivity contribution in [2.45, 2.75) is 13.3 Å². The fourth-order valence-electron chi connectivity index (χ4n) is 1.49. The zero-order valence-electron chi connectivity index (χ0n) is 10.6. The molecule has 6 nitrogen and oxygen atoms in total. The molecule has 0 saturated heterocycles. The first-order chi connectivity index (χ1) is 9.13. The van der Waals surface area contributed by atoms with Crippen LogP contribution in [0.5, 0.6) is 5.75 Å². The Morgan fingerprint density at radius 2 is 2.32 bits per heavy atom. The van der Waals surface area contributed by atoms with Crippen molar-refractivity contribution < 1.29 is 14.1 Å². The first-order valence-corrected chi connectivity index (χ1v) is 5.85. The van der Waals surface area contributed by atoms with Gasteiger partial charge >= 0.3 is 0 Å². The van der Waals surface area contributed by atoms with Crippen molar-refractivity contribution in [3.8, 4) is 5.75 Å². The molecule has 2 rings (SSSR count). The third-order valence-corrected chi connectivity index (χ3v) is 2.35. The molecule has 1 heterocycles. The number of nitrogens with zero attached hydrogens (tertiary/aromatic N) is 1. The average molecular weight is 261 g/mol. The van der Waals surface area contributed by atoms with Crippen LogP contribution in [0.25, 0.3) is 0 Å². The molecule has 0 aliphatic carbocycles. The number of nitrogen functional groups attached to an aromatic ring is 1. The van der Waals surface area contributed by atoms with Crippen molar-refractivity contribution in [2.24, 2.45) is 0 Å². The smallest absolute Gasteiger partial charge is 0.231 e. The lowest BCUT2D eigenvalue weighted by Gasteiger charge is -2.06. The third-order valence-electron chi connectivity index (χ3n) is 2.35. The monoisotopic (exact) mass is 261 g/mol. The van der Waals surface area contributed by atoms with Gasteiger partial charge in [-0.25, -0.2) is 0 Å².